The van der Waals surface area contributed by atoms with Crippen LogP contribution in [0.5, 0.6) is 0 Å². The van der Waals surface area contributed by atoms with Gasteiger partial charge < -0.3 is 9.84 Å². The Morgan fingerprint density at radius 2 is 1.86 bits per heavy atom. The van der Waals surface area contributed by atoms with Crippen LogP contribution in [-0.4, -0.2) is 23.3 Å². The third-order valence-electron chi connectivity index (χ3n) is 6.47. The van der Waals surface area contributed by atoms with Crippen LogP contribution in [0.2, 0.25) is 0 Å². The fraction of sp³-hybridized carbons (Fsp3) is 0.944. The molecule has 2 fully saturated rings. The van der Waals surface area contributed by atoms with E-state index in [0.717, 1.165) is 19.3 Å². The minimum atomic E-state index is -0.640. The summed E-state index contributed by atoms with van der Waals surface area (Å²) in [5.41, 5.74) is -0.133. The monoisotopic (exact) mass is 296 g/mol. The molecule has 0 spiro atoms. The second-order valence-electron chi connectivity index (χ2n) is 8.48. The first-order valence-corrected chi connectivity index (χ1v) is 8.45. The van der Waals surface area contributed by atoms with E-state index in [2.05, 4.69) is 20.8 Å². The molecule has 3 heteroatoms. The standard InChI is InChI=1S/C18H32O3/c1-13(19)21-12-8-15-17(4)10-6-9-16(2,3)14(17)7-11-18(15,5)20/h14-15,20H,6-12H2,1-5H3/t14-,15-,17-,18+/m0/s1. The molecule has 0 heterocycles. The molecule has 3 nitrogen and oxygen atoms in total. The second kappa shape index (κ2) is 5.57. The lowest BCUT2D eigenvalue weighted by molar-refractivity contribution is -0.175. The summed E-state index contributed by atoms with van der Waals surface area (Å²) in [6, 6.07) is 0. The van der Waals surface area contributed by atoms with E-state index in [9.17, 15) is 9.90 Å². The summed E-state index contributed by atoms with van der Waals surface area (Å²) >= 11 is 0. The molecule has 122 valence electrons. The number of hydrogen-bond donors (Lipinski definition) is 1. The van der Waals surface area contributed by atoms with Crippen molar-refractivity contribution < 1.29 is 14.6 Å². The van der Waals surface area contributed by atoms with Gasteiger partial charge in [0.25, 0.3) is 0 Å². The Hall–Kier alpha value is -0.570. The largest absolute Gasteiger partial charge is 0.466 e. The average Bonchev–Trinajstić information content (AvgIpc) is 2.31. The van der Waals surface area contributed by atoms with Crippen molar-refractivity contribution in [2.45, 2.75) is 78.7 Å². The van der Waals surface area contributed by atoms with Crippen LogP contribution >= 0.6 is 0 Å². The Bertz CT molecular complexity index is 399. The number of ether oxygens (including phenoxy) is 1. The van der Waals surface area contributed by atoms with Gasteiger partial charge in [0.15, 0.2) is 0 Å². The molecule has 0 aromatic rings. The summed E-state index contributed by atoms with van der Waals surface area (Å²) < 4.78 is 5.16. The molecular formula is C18H32O3. The lowest BCUT2D eigenvalue weighted by Crippen LogP contribution is -2.57. The number of fused-ring (bicyclic) bond motifs is 1. The molecule has 0 amide bonds. The fourth-order valence-electron chi connectivity index (χ4n) is 5.59. The van der Waals surface area contributed by atoms with Crippen LogP contribution in [0.15, 0.2) is 0 Å². The van der Waals surface area contributed by atoms with Crippen molar-refractivity contribution in [1.29, 1.82) is 0 Å². The van der Waals surface area contributed by atoms with E-state index in [1.54, 1.807) is 0 Å². The van der Waals surface area contributed by atoms with E-state index < -0.39 is 5.60 Å². The summed E-state index contributed by atoms with van der Waals surface area (Å²) in [7, 11) is 0. The molecule has 1 N–H and O–H groups in total. The first-order chi connectivity index (χ1) is 9.59. The molecule has 2 rings (SSSR count). The van der Waals surface area contributed by atoms with E-state index in [1.165, 1.54) is 26.2 Å². The van der Waals surface area contributed by atoms with Gasteiger partial charge in [-0.3, -0.25) is 4.79 Å². The van der Waals surface area contributed by atoms with E-state index in [4.69, 9.17) is 4.74 Å². The summed E-state index contributed by atoms with van der Waals surface area (Å²) in [6.07, 6.45) is 6.45. The van der Waals surface area contributed by atoms with Crippen molar-refractivity contribution in [3.05, 3.63) is 0 Å². The molecule has 0 aliphatic heterocycles. The van der Waals surface area contributed by atoms with E-state index >= 15 is 0 Å². The molecular weight excluding hydrogens is 264 g/mol. The van der Waals surface area contributed by atoms with Crippen LogP contribution < -0.4 is 0 Å². The van der Waals surface area contributed by atoms with E-state index in [0.29, 0.717) is 17.9 Å². The molecule has 0 aromatic carbocycles. The predicted molar refractivity (Wildman–Crippen MR) is 83.8 cm³/mol. The van der Waals surface area contributed by atoms with Gasteiger partial charge in [0, 0.05) is 6.92 Å². The third-order valence-corrected chi connectivity index (χ3v) is 6.47. The maximum atomic E-state index is 11.0. The average molecular weight is 296 g/mol. The number of esters is 1. The zero-order chi connectivity index (χ0) is 15.9. The summed E-state index contributed by atoms with van der Waals surface area (Å²) in [5.74, 6) is 0.639. The molecule has 0 aromatic heterocycles. The molecule has 21 heavy (non-hydrogen) atoms. The highest BCUT2D eigenvalue weighted by Gasteiger charge is 2.57. The topological polar surface area (TPSA) is 46.5 Å². The first kappa shape index (κ1) is 16.8. The summed E-state index contributed by atoms with van der Waals surface area (Å²) in [6.45, 7) is 11.0. The van der Waals surface area contributed by atoms with Crippen LogP contribution in [0.4, 0.5) is 0 Å². The molecule has 0 unspecified atom stereocenters. The van der Waals surface area contributed by atoms with Crippen LogP contribution in [0.25, 0.3) is 0 Å². The van der Waals surface area contributed by atoms with Gasteiger partial charge in [-0.15, -0.1) is 0 Å². The Balaban J connectivity index is 2.22. The maximum Gasteiger partial charge on any atom is 0.302 e. The maximum absolute atomic E-state index is 11.0. The van der Waals surface area contributed by atoms with Crippen molar-refractivity contribution in [3.8, 4) is 0 Å². The van der Waals surface area contributed by atoms with Gasteiger partial charge in [-0.1, -0.05) is 27.2 Å². The first-order valence-electron chi connectivity index (χ1n) is 8.45. The molecule has 0 bridgehead atoms. The van der Waals surface area contributed by atoms with Crippen molar-refractivity contribution in [2.75, 3.05) is 6.61 Å². The highest BCUT2D eigenvalue weighted by atomic mass is 16.5. The van der Waals surface area contributed by atoms with Crippen molar-refractivity contribution in [2.24, 2.45) is 22.7 Å². The summed E-state index contributed by atoms with van der Waals surface area (Å²) in [4.78, 5) is 11.0. The quantitative estimate of drug-likeness (QED) is 0.803. The minimum absolute atomic E-state index is 0.156. The normalized spacial score (nSPS) is 42.2. The van der Waals surface area contributed by atoms with Crippen LogP contribution in [0, 0.1) is 22.7 Å². The van der Waals surface area contributed by atoms with E-state index in [-0.39, 0.29) is 17.3 Å². The van der Waals surface area contributed by atoms with Crippen LogP contribution in [0.3, 0.4) is 0 Å². The second-order valence-corrected chi connectivity index (χ2v) is 8.48. The highest BCUT2D eigenvalue weighted by Crippen LogP contribution is 2.62. The van der Waals surface area contributed by atoms with Crippen molar-refractivity contribution in [1.82, 2.24) is 0 Å². The van der Waals surface area contributed by atoms with Crippen LogP contribution in [0.1, 0.15) is 73.1 Å². The number of carbonyl (C=O) groups excluding carboxylic acids is 1. The lowest BCUT2D eigenvalue weighted by atomic mass is 9.45. The van der Waals surface area contributed by atoms with Gasteiger partial charge in [0.2, 0.25) is 0 Å². The molecule has 2 aliphatic carbocycles. The minimum Gasteiger partial charge on any atom is -0.466 e. The SMILES string of the molecule is CC(=O)OCC[C@H]1[C@@]2(C)CCCC(C)(C)[C@@H]2CC[C@@]1(C)O. The molecule has 0 saturated heterocycles. The molecule has 2 aliphatic rings. The molecule has 4 atom stereocenters. The fourth-order valence-corrected chi connectivity index (χ4v) is 5.59. The summed E-state index contributed by atoms with van der Waals surface area (Å²) in [5, 5.41) is 10.9. The zero-order valence-corrected chi connectivity index (χ0v) is 14.4. The predicted octanol–water partition coefficient (Wildman–Crippen LogP) is 3.93. The van der Waals surface area contributed by atoms with Gasteiger partial charge in [0.05, 0.1) is 12.2 Å². The third kappa shape index (κ3) is 3.13. The zero-order valence-electron chi connectivity index (χ0n) is 14.4. The molecule has 2 saturated carbocycles. The smallest absolute Gasteiger partial charge is 0.302 e. The van der Waals surface area contributed by atoms with Gasteiger partial charge in [-0.2, -0.15) is 0 Å². The van der Waals surface area contributed by atoms with Gasteiger partial charge in [-0.05, 0) is 61.7 Å². The Morgan fingerprint density at radius 3 is 2.48 bits per heavy atom. The number of aliphatic hydroxyl groups is 1. The Morgan fingerprint density at radius 1 is 1.19 bits per heavy atom. The number of rotatable bonds is 3. The Kier molecular flexibility index (Phi) is 4.45. The van der Waals surface area contributed by atoms with E-state index in [1.807, 2.05) is 6.92 Å². The Labute approximate surface area is 129 Å². The van der Waals surface area contributed by atoms with Gasteiger partial charge in [-0.25, -0.2) is 0 Å². The van der Waals surface area contributed by atoms with Crippen molar-refractivity contribution in [3.63, 3.8) is 0 Å². The van der Waals surface area contributed by atoms with Gasteiger partial charge >= 0.3 is 5.97 Å². The number of carbonyl (C=O) groups is 1. The lowest BCUT2D eigenvalue weighted by Gasteiger charge is -2.61. The van der Waals surface area contributed by atoms with Crippen LogP contribution in [-0.2, 0) is 9.53 Å². The molecule has 0 radical (unpaired) electrons. The highest BCUT2D eigenvalue weighted by molar-refractivity contribution is 5.65. The van der Waals surface area contributed by atoms with Gasteiger partial charge in [0.1, 0.15) is 0 Å². The van der Waals surface area contributed by atoms with Crippen molar-refractivity contribution >= 4 is 5.97 Å². The number of hydrogen-bond acceptors (Lipinski definition) is 3.